The minimum Gasteiger partial charge on any atom is -0.390 e. The van der Waals surface area contributed by atoms with Crippen molar-refractivity contribution >= 4 is 19.5 Å². The summed E-state index contributed by atoms with van der Waals surface area (Å²) in [4.78, 5) is 41.0. The highest BCUT2D eigenvalue weighted by Crippen LogP contribution is 2.45. The average molecular weight is 532 g/mol. The van der Waals surface area contributed by atoms with E-state index in [9.17, 15) is 34.4 Å². The summed E-state index contributed by atoms with van der Waals surface area (Å²) in [7, 11) is -4.74. The Morgan fingerprint density at radius 2 is 1.50 bits per heavy atom. The Morgan fingerprint density at radius 1 is 0.944 bits per heavy atom. The number of hydrogen-bond donors (Lipinski definition) is 6. The van der Waals surface area contributed by atoms with Crippen molar-refractivity contribution in [1.29, 1.82) is 0 Å². The molecule has 2 aliphatic rings. The van der Waals surface area contributed by atoms with Crippen LogP contribution in [-0.4, -0.2) is 83.0 Å². The number of hydrogen-bond acceptors (Lipinski definition) is 14. The second-order valence-corrected chi connectivity index (χ2v) is 9.58. The first-order valence-electron chi connectivity index (χ1n) is 10.6. The molecule has 4 heterocycles. The summed E-state index contributed by atoms with van der Waals surface area (Å²) in [6.07, 6.45) is -6.39. The fraction of sp³-hybridized carbons (Fsp3) is 0.556. The molecule has 0 aromatic carbocycles. The van der Waals surface area contributed by atoms with Gasteiger partial charge in [-0.3, -0.25) is 18.2 Å². The normalized spacial score (nSPS) is 31.9. The molecule has 1 unspecified atom stereocenters. The standard InChI is InChI=1S/C18H25N6O11P/c19-11-1-3-23(17(28)21-11)13-5-8(25)9(34-13)6-32-36(30,31)33-7-10-14(26)15(27)16(35-10)24-4-2-12(20)22-18(24)29/h1-4,8-10,13-16,25-27H,5-7H2,(H,30,31)(H2,19,21,28)(H2,20,22,29)/t8-,9+,10+,13+,14+,15+,16+/m0/s1. The van der Waals surface area contributed by atoms with Gasteiger partial charge in [0.2, 0.25) is 0 Å². The lowest BCUT2D eigenvalue weighted by Crippen LogP contribution is -2.36. The second-order valence-electron chi connectivity index (χ2n) is 8.12. The van der Waals surface area contributed by atoms with E-state index >= 15 is 0 Å². The molecule has 2 fully saturated rings. The molecule has 2 aromatic rings. The van der Waals surface area contributed by atoms with Gasteiger partial charge in [0.25, 0.3) is 0 Å². The SMILES string of the molecule is Nc1ccn([C@@H]2O[C@H](COP(=O)(O)OC[C@H]3O[C@@H](n4ccc(N)nc4=O)C[C@@H]3O)[C@@H](O)[C@H]2O)c(=O)n1. The number of anilines is 2. The van der Waals surface area contributed by atoms with Crippen molar-refractivity contribution in [3.8, 4) is 0 Å². The summed E-state index contributed by atoms with van der Waals surface area (Å²) in [6.45, 7) is -1.27. The van der Waals surface area contributed by atoms with Crippen molar-refractivity contribution < 1.29 is 43.3 Å². The molecular weight excluding hydrogens is 507 g/mol. The molecule has 0 amide bonds. The van der Waals surface area contributed by atoms with Gasteiger partial charge in [0.05, 0.1) is 19.3 Å². The smallest absolute Gasteiger partial charge is 0.390 e. The fourth-order valence-corrected chi connectivity index (χ4v) is 4.51. The quantitative estimate of drug-likeness (QED) is 0.186. The molecular formula is C18H25N6O11P. The first-order valence-corrected chi connectivity index (χ1v) is 12.1. The molecule has 0 aliphatic carbocycles. The highest BCUT2D eigenvalue weighted by molar-refractivity contribution is 7.47. The highest BCUT2D eigenvalue weighted by Gasteiger charge is 2.45. The number of aromatic nitrogens is 4. The van der Waals surface area contributed by atoms with E-state index in [-0.39, 0.29) is 18.1 Å². The summed E-state index contributed by atoms with van der Waals surface area (Å²) >= 11 is 0. The number of phosphoric acid groups is 1. The lowest BCUT2D eigenvalue weighted by atomic mass is 10.1. The molecule has 8 atom stereocenters. The van der Waals surface area contributed by atoms with E-state index in [2.05, 4.69) is 9.97 Å². The first-order chi connectivity index (χ1) is 16.9. The Kier molecular flexibility index (Phi) is 7.56. The molecule has 36 heavy (non-hydrogen) atoms. The van der Waals surface area contributed by atoms with E-state index in [1.165, 1.54) is 24.5 Å². The van der Waals surface area contributed by atoms with Crippen LogP contribution in [-0.2, 0) is 23.1 Å². The van der Waals surface area contributed by atoms with Crippen molar-refractivity contribution in [3.05, 3.63) is 45.5 Å². The molecule has 8 N–H and O–H groups in total. The Morgan fingerprint density at radius 3 is 2.08 bits per heavy atom. The van der Waals surface area contributed by atoms with Crippen LogP contribution in [0, 0.1) is 0 Å². The first kappa shape index (κ1) is 26.3. The Hall–Kier alpha value is -2.73. The lowest BCUT2D eigenvalue weighted by Gasteiger charge is -2.20. The third-order valence-corrected chi connectivity index (χ3v) is 6.58. The molecule has 2 saturated heterocycles. The molecule has 4 rings (SSSR count). The van der Waals surface area contributed by atoms with Gasteiger partial charge in [0.15, 0.2) is 6.23 Å². The molecule has 0 bridgehead atoms. The van der Waals surface area contributed by atoms with Gasteiger partial charge < -0.3 is 41.2 Å². The van der Waals surface area contributed by atoms with Crippen LogP contribution in [0.3, 0.4) is 0 Å². The number of nitrogen functional groups attached to an aromatic ring is 2. The minimum atomic E-state index is -4.74. The van der Waals surface area contributed by atoms with Gasteiger partial charge in [-0.05, 0) is 12.1 Å². The van der Waals surface area contributed by atoms with Gasteiger partial charge in [-0.15, -0.1) is 0 Å². The number of phosphoric ester groups is 1. The minimum absolute atomic E-state index is 0.0143. The van der Waals surface area contributed by atoms with Crippen molar-refractivity contribution in [2.45, 2.75) is 49.4 Å². The van der Waals surface area contributed by atoms with Gasteiger partial charge in [-0.25, -0.2) is 14.2 Å². The maximum absolute atomic E-state index is 12.3. The third kappa shape index (κ3) is 5.64. The number of aliphatic hydroxyl groups is 3. The van der Waals surface area contributed by atoms with Gasteiger partial charge >= 0.3 is 19.2 Å². The molecule has 0 spiro atoms. The van der Waals surface area contributed by atoms with Gasteiger partial charge in [0.1, 0.15) is 42.3 Å². The average Bonchev–Trinajstić information content (AvgIpc) is 3.30. The second kappa shape index (κ2) is 10.3. The molecule has 198 valence electrons. The van der Waals surface area contributed by atoms with Crippen molar-refractivity contribution in [1.82, 2.24) is 19.1 Å². The molecule has 0 radical (unpaired) electrons. The Labute approximate surface area is 202 Å². The molecule has 2 aromatic heterocycles. The maximum atomic E-state index is 12.3. The molecule has 0 saturated carbocycles. The number of ether oxygens (including phenoxy) is 2. The van der Waals surface area contributed by atoms with Crippen molar-refractivity contribution in [2.75, 3.05) is 24.7 Å². The van der Waals surface area contributed by atoms with Crippen molar-refractivity contribution in [2.24, 2.45) is 0 Å². The van der Waals surface area contributed by atoms with Crippen LogP contribution >= 0.6 is 7.82 Å². The summed E-state index contributed by atoms with van der Waals surface area (Å²) in [5, 5.41) is 30.7. The van der Waals surface area contributed by atoms with Gasteiger partial charge in [-0.1, -0.05) is 0 Å². The van der Waals surface area contributed by atoms with Crippen LogP contribution < -0.4 is 22.8 Å². The lowest BCUT2D eigenvalue weighted by molar-refractivity contribution is -0.0618. The summed E-state index contributed by atoms with van der Waals surface area (Å²) in [5.41, 5.74) is 9.34. The topological polar surface area (TPSA) is 257 Å². The molecule has 17 nitrogen and oxygen atoms in total. The number of nitrogens with zero attached hydrogens (tertiary/aromatic N) is 4. The maximum Gasteiger partial charge on any atom is 0.472 e. The van der Waals surface area contributed by atoms with E-state index in [0.717, 1.165) is 9.13 Å². The molecule has 18 heteroatoms. The zero-order valence-electron chi connectivity index (χ0n) is 18.5. The van der Waals surface area contributed by atoms with Crippen LogP contribution in [0.5, 0.6) is 0 Å². The van der Waals surface area contributed by atoms with E-state index in [0.29, 0.717) is 0 Å². The van der Waals surface area contributed by atoms with E-state index in [1.54, 1.807) is 0 Å². The van der Waals surface area contributed by atoms with E-state index < -0.39 is 75.4 Å². The summed E-state index contributed by atoms with van der Waals surface area (Å²) < 4.78 is 35.0. The van der Waals surface area contributed by atoms with Crippen molar-refractivity contribution in [3.63, 3.8) is 0 Å². The van der Waals surface area contributed by atoms with Crippen LogP contribution in [0.15, 0.2) is 34.1 Å². The van der Waals surface area contributed by atoms with E-state index in [4.69, 9.17) is 30.0 Å². The fourth-order valence-electron chi connectivity index (χ4n) is 3.77. The van der Waals surface area contributed by atoms with Crippen LogP contribution in [0.2, 0.25) is 0 Å². The summed E-state index contributed by atoms with van der Waals surface area (Å²) in [6, 6.07) is 2.66. The van der Waals surface area contributed by atoms with Crippen LogP contribution in [0.4, 0.5) is 11.6 Å². The van der Waals surface area contributed by atoms with Gasteiger partial charge in [0, 0.05) is 18.8 Å². The number of rotatable bonds is 8. The zero-order chi connectivity index (χ0) is 26.2. The number of nitrogens with two attached hydrogens (primary N) is 2. The predicted octanol–water partition coefficient (Wildman–Crippen LogP) is -2.93. The molecule has 2 aliphatic heterocycles. The predicted molar refractivity (Wildman–Crippen MR) is 118 cm³/mol. The third-order valence-electron chi connectivity index (χ3n) is 5.63. The monoisotopic (exact) mass is 532 g/mol. The Balaban J connectivity index is 1.31. The highest BCUT2D eigenvalue weighted by atomic mass is 31.2. The number of aliphatic hydroxyl groups excluding tert-OH is 3. The Bertz CT molecular complexity index is 1260. The van der Waals surface area contributed by atoms with Crippen LogP contribution in [0.25, 0.3) is 0 Å². The van der Waals surface area contributed by atoms with E-state index in [1.807, 2.05) is 0 Å². The van der Waals surface area contributed by atoms with Gasteiger partial charge in [-0.2, -0.15) is 9.97 Å². The zero-order valence-corrected chi connectivity index (χ0v) is 19.4. The summed E-state index contributed by atoms with van der Waals surface area (Å²) in [5.74, 6) is -0.0390. The van der Waals surface area contributed by atoms with Crippen LogP contribution in [0.1, 0.15) is 18.9 Å². The largest absolute Gasteiger partial charge is 0.472 e.